The number of hydrogen-bond acceptors (Lipinski definition) is 6. The molecule has 0 fully saturated rings. The monoisotopic (exact) mass is 452 g/mol. The quantitative estimate of drug-likeness (QED) is 0.570. The van der Waals surface area contributed by atoms with Crippen molar-refractivity contribution in [1.29, 1.82) is 0 Å². The molecule has 2 N–H and O–H groups in total. The van der Waals surface area contributed by atoms with Crippen LogP contribution in [0.4, 0.5) is 9.93 Å². The van der Waals surface area contributed by atoms with Crippen molar-refractivity contribution in [3.05, 3.63) is 59.5 Å². The van der Waals surface area contributed by atoms with Crippen LogP contribution in [0, 0.1) is 0 Å². The minimum Gasteiger partial charge on any atom is -0.486 e. The Labute approximate surface area is 190 Å². The molecular formula is C23H24N4O4S. The van der Waals surface area contributed by atoms with Crippen molar-refractivity contribution in [3.63, 3.8) is 0 Å². The third kappa shape index (κ3) is 5.55. The van der Waals surface area contributed by atoms with E-state index in [1.807, 2.05) is 53.9 Å². The molecule has 1 aromatic heterocycles. The van der Waals surface area contributed by atoms with Gasteiger partial charge in [0.2, 0.25) is 5.91 Å². The molecule has 0 unspecified atom stereocenters. The molecule has 0 bridgehead atoms. The molecule has 3 aromatic rings. The van der Waals surface area contributed by atoms with Crippen LogP contribution in [0.1, 0.15) is 12.0 Å². The van der Waals surface area contributed by atoms with E-state index in [9.17, 15) is 9.59 Å². The zero-order valence-corrected chi connectivity index (χ0v) is 18.5. The molecule has 2 aromatic carbocycles. The lowest BCUT2D eigenvalue weighted by Crippen LogP contribution is -2.38. The van der Waals surface area contributed by atoms with Gasteiger partial charge < -0.3 is 25.0 Å². The molecule has 0 atom stereocenters. The smallest absolute Gasteiger partial charge is 0.317 e. The maximum absolute atomic E-state index is 12.2. The minimum atomic E-state index is -0.225. The fourth-order valence-electron chi connectivity index (χ4n) is 3.20. The highest BCUT2D eigenvalue weighted by molar-refractivity contribution is 7.14. The molecule has 1 aliphatic heterocycles. The van der Waals surface area contributed by atoms with Gasteiger partial charge in [0, 0.05) is 37.5 Å². The van der Waals surface area contributed by atoms with Crippen molar-refractivity contribution >= 4 is 28.4 Å². The molecular weight excluding hydrogens is 428 g/mol. The van der Waals surface area contributed by atoms with Gasteiger partial charge >= 0.3 is 6.03 Å². The number of anilines is 1. The van der Waals surface area contributed by atoms with E-state index in [0.29, 0.717) is 30.6 Å². The number of hydrogen-bond donors (Lipinski definition) is 2. The Morgan fingerprint density at radius 2 is 1.88 bits per heavy atom. The molecule has 0 spiro atoms. The molecule has 32 heavy (non-hydrogen) atoms. The fraction of sp³-hybridized carbons (Fsp3) is 0.261. The van der Waals surface area contributed by atoms with Gasteiger partial charge in [-0.05, 0) is 23.8 Å². The molecule has 3 amide bonds. The number of rotatable bonds is 7. The molecule has 0 saturated carbocycles. The first kappa shape index (κ1) is 21.6. The first-order valence-electron chi connectivity index (χ1n) is 10.3. The number of amides is 3. The second-order valence-corrected chi connectivity index (χ2v) is 8.13. The Hall–Kier alpha value is -3.59. The summed E-state index contributed by atoms with van der Waals surface area (Å²) in [6.45, 7) is 1.81. The zero-order chi connectivity index (χ0) is 22.3. The Balaban J connectivity index is 1.23. The van der Waals surface area contributed by atoms with E-state index in [2.05, 4.69) is 15.6 Å². The van der Waals surface area contributed by atoms with Gasteiger partial charge in [-0.1, -0.05) is 30.3 Å². The minimum absolute atomic E-state index is 0.157. The van der Waals surface area contributed by atoms with Gasteiger partial charge in [0.05, 0.1) is 5.69 Å². The van der Waals surface area contributed by atoms with Crippen molar-refractivity contribution in [2.24, 2.45) is 0 Å². The molecule has 0 saturated heterocycles. The van der Waals surface area contributed by atoms with E-state index >= 15 is 0 Å². The number of ether oxygens (including phenoxy) is 2. The Kier molecular flexibility index (Phi) is 6.86. The molecule has 0 aliphatic carbocycles. The van der Waals surface area contributed by atoms with Crippen LogP contribution in [0.3, 0.4) is 0 Å². The van der Waals surface area contributed by atoms with Gasteiger partial charge in [0.1, 0.15) is 13.2 Å². The number of aromatic nitrogens is 1. The van der Waals surface area contributed by atoms with Crippen LogP contribution in [0.25, 0.3) is 11.3 Å². The summed E-state index contributed by atoms with van der Waals surface area (Å²) < 4.78 is 11.2. The first-order chi connectivity index (χ1) is 15.6. The summed E-state index contributed by atoms with van der Waals surface area (Å²) in [7, 11) is 1.72. The summed E-state index contributed by atoms with van der Waals surface area (Å²) in [5, 5.41) is 7.93. The summed E-state index contributed by atoms with van der Waals surface area (Å²) in [5.41, 5.74) is 2.68. The van der Waals surface area contributed by atoms with Crippen LogP contribution in [0.5, 0.6) is 11.5 Å². The summed E-state index contributed by atoms with van der Waals surface area (Å²) in [4.78, 5) is 30.5. The normalized spacial score (nSPS) is 12.2. The predicted molar refractivity (Wildman–Crippen MR) is 123 cm³/mol. The largest absolute Gasteiger partial charge is 0.486 e. The Morgan fingerprint density at radius 3 is 2.69 bits per heavy atom. The number of urea groups is 1. The standard InChI is InChI=1S/C23H24N4O4S/c1-27(14-16-5-3-2-4-6-16)23(29)24-10-9-21(28)26-22-25-18(15-32-22)17-7-8-19-20(13-17)31-12-11-30-19/h2-8,13,15H,9-12,14H2,1H3,(H,24,29)(H,25,26,28). The number of nitrogens with one attached hydrogen (secondary N) is 2. The summed E-state index contributed by atoms with van der Waals surface area (Å²) >= 11 is 1.35. The number of nitrogens with zero attached hydrogens (tertiary/aromatic N) is 2. The van der Waals surface area contributed by atoms with E-state index < -0.39 is 0 Å². The van der Waals surface area contributed by atoms with E-state index in [1.165, 1.54) is 11.3 Å². The van der Waals surface area contributed by atoms with Crippen LogP contribution in [0.2, 0.25) is 0 Å². The molecule has 1 aliphatic rings. The van der Waals surface area contributed by atoms with Crippen molar-refractivity contribution in [2.45, 2.75) is 13.0 Å². The maximum Gasteiger partial charge on any atom is 0.317 e. The lowest BCUT2D eigenvalue weighted by molar-refractivity contribution is -0.116. The highest BCUT2D eigenvalue weighted by Gasteiger charge is 2.15. The van der Waals surface area contributed by atoms with Gasteiger partial charge in [-0.3, -0.25) is 4.79 Å². The van der Waals surface area contributed by atoms with Crippen molar-refractivity contribution < 1.29 is 19.1 Å². The van der Waals surface area contributed by atoms with Gasteiger partial charge in [-0.2, -0.15) is 0 Å². The molecule has 8 nitrogen and oxygen atoms in total. The van der Waals surface area contributed by atoms with Gasteiger partial charge in [0.15, 0.2) is 16.6 Å². The summed E-state index contributed by atoms with van der Waals surface area (Å²) in [6.07, 6.45) is 0.157. The third-order valence-electron chi connectivity index (χ3n) is 4.83. The number of carbonyl (C=O) groups is 2. The Bertz CT molecular complexity index is 1090. The first-order valence-corrected chi connectivity index (χ1v) is 11.1. The number of fused-ring (bicyclic) bond motifs is 1. The summed E-state index contributed by atoms with van der Waals surface area (Å²) in [5.74, 6) is 1.21. The number of carbonyl (C=O) groups excluding carboxylic acids is 2. The van der Waals surface area contributed by atoms with Crippen LogP contribution in [-0.4, -0.2) is 48.6 Å². The highest BCUT2D eigenvalue weighted by atomic mass is 32.1. The molecule has 4 rings (SSSR count). The van der Waals surface area contributed by atoms with Gasteiger partial charge in [-0.15, -0.1) is 11.3 Å². The highest BCUT2D eigenvalue weighted by Crippen LogP contribution is 2.35. The molecule has 9 heteroatoms. The van der Waals surface area contributed by atoms with Gasteiger partial charge in [-0.25, -0.2) is 9.78 Å². The average Bonchev–Trinajstić information content (AvgIpc) is 3.27. The maximum atomic E-state index is 12.2. The van der Waals surface area contributed by atoms with Crippen LogP contribution in [0.15, 0.2) is 53.9 Å². The van der Waals surface area contributed by atoms with Crippen molar-refractivity contribution in [1.82, 2.24) is 15.2 Å². The second-order valence-electron chi connectivity index (χ2n) is 7.27. The SMILES string of the molecule is CN(Cc1ccccc1)C(=O)NCCC(=O)Nc1nc(-c2ccc3c(c2)OCCO3)cs1. The van der Waals surface area contributed by atoms with E-state index in [1.54, 1.807) is 11.9 Å². The molecule has 0 radical (unpaired) electrons. The van der Waals surface area contributed by atoms with E-state index in [0.717, 1.165) is 22.6 Å². The zero-order valence-electron chi connectivity index (χ0n) is 17.7. The second kappa shape index (κ2) is 10.1. The lowest BCUT2D eigenvalue weighted by atomic mass is 10.1. The topological polar surface area (TPSA) is 92.8 Å². The van der Waals surface area contributed by atoms with Crippen molar-refractivity contribution in [2.75, 3.05) is 32.1 Å². The number of benzene rings is 2. The van der Waals surface area contributed by atoms with Gasteiger partial charge in [0.25, 0.3) is 0 Å². The predicted octanol–water partition coefficient (Wildman–Crippen LogP) is 3.75. The van der Waals surface area contributed by atoms with Crippen LogP contribution >= 0.6 is 11.3 Å². The fourth-order valence-corrected chi connectivity index (χ4v) is 3.93. The van der Waals surface area contributed by atoms with E-state index in [4.69, 9.17) is 9.47 Å². The lowest BCUT2D eigenvalue weighted by Gasteiger charge is -2.18. The number of thiazole rings is 1. The van der Waals surface area contributed by atoms with E-state index in [-0.39, 0.29) is 24.9 Å². The van der Waals surface area contributed by atoms with Crippen LogP contribution in [-0.2, 0) is 11.3 Å². The Morgan fingerprint density at radius 1 is 1.09 bits per heavy atom. The molecule has 166 valence electrons. The van der Waals surface area contributed by atoms with Crippen LogP contribution < -0.4 is 20.1 Å². The average molecular weight is 453 g/mol. The molecule has 2 heterocycles. The van der Waals surface area contributed by atoms with Crippen molar-refractivity contribution in [3.8, 4) is 22.8 Å². The summed E-state index contributed by atoms with van der Waals surface area (Å²) in [6, 6.07) is 15.2. The third-order valence-corrected chi connectivity index (χ3v) is 5.58.